The van der Waals surface area contributed by atoms with E-state index in [1.54, 1.807) is 6.42 Å². The smallest absolute Gasteiger partial charge is 0.0334 e. The van der Waals surface area contributed by atoms with Gasteiger partial charge in [0.1, 0.15) is 0 Å². The summed E-state index contributed by atoms with van der Waals surface area (Å²) in [6.45, 7) is 15.2. The maximum atomic E-state index is 2.44. The Bertz CT molecular complexity index is 135. The molecule has 0 aromatic heterocycles. The largest absolute Gasteiger partial charge is 0.0683 e. The van der Waals surface area contributed by atoms with Crippen molar-refractivity contribution in [2.24, 2.45) is 29.6 Å². The van der Waals surface area contributed by atoms with Crippen molar-refractivity contribution >= 4 is 0 Å². The van der Waals surface area contributed by atoms with E-state index >= 15 is 0 Å². The van der Waals surface area contributed by atoms with Gasteiger partial charge in [-0.3, -0.25) is 0 Å². The van der Waals surface area contributed by atoms with E-state index < -0.39 is 0 Å². The second-order valence-electron chi connectivity index (χ2n) is 4.69. The monoisotopic (exact) mass is 198 g/mol. The normalized spacial score (nSPS) is 37.7. The molecule has 0 aromatic carbocycles. The van der Waals surface area contributed by atoms with Crippen LogP contribution in [-0.2, 0) is 0 Å². The third-order valence-electron chi connectivity index (χ3n) is 3.57. The summed E-state index contributed by atoms with van der Waals surface area (Å²) in [6.07, 6.45) is 3.10. The van der Waals surface area contributed by atoms with E-state index in [1.807, 2.05) is 27.7 Å². The molecule has 0 aromatic rings. The second kappa shape index (κ2) is 6.48. The maximum Gasteiger partial charge on any atom is -0.0334 e. The zero-order chi connectivity index (χ0) is 11.3. The Labute approximate surface area is 91.5 Å². The SMILES string of the molecule is CC.CC.CC(C)C1C(C)CC2CC21. The van der Waals surface area contributed by atoms with Gasteiger partial charge in [-0.1, -0.05) is 48.5 Å². The minimum atomic E-state index is 0.937. The zero-order valence-corrected chi connectivity index (χ0v) is 11.3. The molecular formula is C14H30. The third-order valence-corrected chi connectivity index (χ3v) is 3.57. The summed E-state index contributed by atoms with van der Waals surface area (Å²) in [5.74, 6) is 5.35. The molecule has 2 rings (SSSR count). The van der Waals surface area contributed by atoms with Crippen LogP contribution in [0.2, 0.25) is 0 Å². The van der Waals surface area contributed by atoms with Gasteiger partial charge in [0.2, 0.25) is 0 Å². The lowest BCUT2D eigenvalue weighted by Crippen LogP contribution is -2.15. The Morgan fingerprint density at radius 1 is 0.929 bits per heavy atom. The summed E-state index contributed by atoms with van der Waals surface area (Å²) < 4.78 is 0. The number of hydrogen-bond acceptors (Lipinski definition) is 0. The van der Waals surface area contributed by atoms with Crippen LogP contribution >= 0.6 is 0 Å². The van der Waals surface area contributed by atoms with Crippen LogP contribution in [0.4, 0.5) is 0 Å². The molecule has 2 saturated carbocycles. The van der Waals surface area contributed by atoms with Crippen LogP contribution in [0.1, 0.15) is 61.3 Å². The Kier molecular flexibility index (Phi) is 6.48. The molecule has 4 atom stereocenters. The Morgan fingerprint density at radius 3 is 1.64 bits per heavy atom. The number of rotatable bonds is 1. The Morgan fingerprint density at radius 2 is 1.43 bits per heavy atom. The van der Waals surface area contributed by atoms with Gasteiger partial charge in [0.15, 0.2) is 0 Å². The van der Waals surface area contributed by atoms with Crippen LogP contribution in [0, 0.1) is 29.6 Å². The first kappa shape index (κ1) is 14.0. The van der Waals surface area contributed by atoms with Crippen molar-refractivity contribution in [1.82, 2.24) is 0 Å². The lowest BCUT2D eigenvalue weighted by molar-refractivity contribution is 0.272. The molecule has 0 heteroatoms. The molecule has 0 bridgehead atoms. The van der Waals surface area contributed by atoms with Crippen LogP contribution in [-0.4, -0.2) is 0 Å². The fourth-order valence-electron chi connectivity index (χ4n) is 3.22. The van der Waals surface area contributed by atoms with Crippen LogP contribution < -0.4 is 0 Å². The summed E-state index contributed by atoms with van der Waals surface area (Å²) in [5.41, 5.74) is 0. The maximum absolute atomic E-state index is 2.44. The van der Waals surface area contributed by atoms with E-state index in [1.165, 1.54) is 6.42 Å². The Balaban J connectivity index is 0.000000379. The topological polar surface area (TPSA) is 0 Å². The highest BCUT2D eigenvalue weighted by molar-refractivity contribution is 5.01. The van der Waals surface area contributed by atoms with Gasteiger partial charge in [0, 0.05) is 0 Å². The zero-order valence-electron chi connectivity index (χ0n) is 11.3. The van der Waals surface area contributed by atoms with Crippen molar-refractivity contribution in [1.29, 1.82) is 0 Å². The molecule has 2 fully saturated rings. The van der Waals surface area contributed by atoms with E-state index in [2.05, 4.69) is 20.8 Å². The molecule has 0 radical (unpaired) electrons. The molecule has 0 heterocycles. The van der Waals surface area contributed by atoms with Gasteiger partial charge in [0.25, 0.3) is 0 Å². The quantitative estimate of drug-likeness (QED) is 0.557. The summed E-state index contributed by atoms with van der Waals surface area (Å²) in [5, 5.41) is 0. The van der Waals surface area contributed by atoms with Gasteiger partial charge in [-0.25, -0.2) is 0 Å². The molecule has 14 heavy (non-hydrogen) atoms. The first-order valence-electron chi connectivity index (χ1n) is 6.70. The minimum absolute atomic E-state index is 0.937. The van der Waals surface area contributed by atoms with Crippen molar-refractivity contribution in [3.63, 3.8) is 0 Å². The molecule has 2 aliphatic rings. The highest BCUT2D eigenvalue weighted by atomic mass is 14.6. The predicted molar refractivity (Wildman–Crippen MR) is 66.4 cm³/mol. The Hall–Kier alpha value is 0. The first-order valence-corrected chi connectivity index (χ1v) is 6.70. The summed E-state index contributed by atoms with van der Waals surface area (Å²) in [7, 11) is 0. The fourth-order valence-corrected chi connectivity index (χ4v) is 3.22. The lowest BCUT2D eigenvalue weighted by Gasteiger charge is -2.22. The predicted octanol–water partition coefficient (Wildman–Crippen LogP) is 4.99. The van der Waals surface area contributed by atoms with Gasteiger partial charge >= 0.3 is 0 Å². The molecule has 0 amide bonds. The number of fused-ring (bicyclic) bond motifs is 1. The highest BCUT2D eigenvalue weighted by Crippen LogP contribution is 2.59. The summed E-state index contributed by atoms with van der Waals surface area (Å²) in [6, 6.07) is 0. The van der Waals surface area contributed by atoms with E-state index in [0.717, 1.165) is 29.6 Å². The minimum Gasteiger partial charge on any atom is -0.0683 e. The second-order valence-corrected chi connectivity index (χ2v) is 4.69. The molecule has 0 aliphatic heterocycles. The molecular weight excluding hydrogens is 168 g/mol. The lowest BCUT2D eigenvalue weighted by atomic mass is 9.84. The standard InChI is InChI=1S/C10H18.2C2H6/c1-6(2)10-7(3)4-8-5-9(8)10;2*1-2/h6-10H,4-5H2,1-3H3;2*1-2H3. The van der Waals surface area contributed by atoms with Crippen LogP contribution in [0.5, 0.6) is 0 Å². The molecule has 0 saturated heterocycles. The molecule has 86 valence electrons. The third kappa shape index (κ3) is 3.00. The van der Waals surface area contributed by atoms with Gasteiger partial charge in [0.05, 0.1) is 0 Å². The molecule has 0 spiro atoms. The van der Waals surface area contributed by atoms with Crippen molar-refractivity contribution in [2.75, 3.05) is 0 Å². The van der Waals surface area contributed by atoms with Crippen molar-refractivity contribution in [2.45, 2.75) is 61.3 Å². The van der Waals surface area contributed by atoms with Crippen molar-refractivity contribution in [3.05, 3.63) is 0 Å². The van der Waals surface area contributed by atoms with Crippen LogP contribution in [0.25, 0.3) is 0 Å². The van der Waals surface area contributed by atoms with Crippen LogP contribution in [0.3, 0.4) is 0 Å². The summed E-state index contributed by atoms with van der Waals surface area (Å²) >= 11 is 0. The molecule has 0 nitrogen and oxygen atoms in total. The van der Waals surface area contributed by atoms with E-state index in [9.17, 15) is 0 Å². The molecule has 0 N–H and O–H groups in total. The van der Waals surface area contributed by atoms with Crippen molar-refractivity contribution in [3.8, 4) is 0 Å². The van der Waals surface area contributed by atoms with E-state index in [-0.39, 0.29) is 0 Å². The summed E-state index contributed by atoms with van der Waals surface area (Å²) in [4.78, 5) is 0. The fraction of sp³-hybridized carbons (Fsp3) is 1.00. The van der Waals surface area contributed by atoms with E-state index in [4.69, 9.17) is 0 Å². The van der Waals surface area contributed by atoms with Crippen LogP contribution in [0.15, 0.2) is 0 Å². The molecule has 2 aliphatic carbocycles. The average molecular weight is 198 g/mol. The van der Waals surface area contributed by atoms with Gasteiger partial charge < -0.3 is 0 Å². The van der Waals surface area contributed by atoms with Gasteiger partial charge in [-0.15, -0.1) is 0 Å². The molecule has 4 unspecified atom stereocenters. The highest BCUT2D eigenvalue weighted by Gasteiger charge is 2.52. The first-order chi connectivity index (χ1) is 6.70. The van der Waals surface area contributed by atoms with E-state index in [0.29, 0.717) is 0 Å². The average Bonchev–Trinajstić information content (AvgIpc) is 2.84. The van der Waals surface area contributed by atoms with Gasteiger partial charge in [-0.05, 0) is 42.4 Å². The number of hydrogen-bond donors (Lipinski definition) is 0. The van der Waals surface area contributed by atoms with Gasteiger partial charge in [-0.2, -0.15) is 0 Å². The van der Waals surface area contributed by atoms with Crippen molar-refractivity contribution < 1.29 is 0 Å².